The van der Waals surface area contributed by atoms with Crippen LogP contribution in [0.1, 0.15) is 9.75 Å². The Kier molecular flexibility index (Phi) is 2.49. The van der Waals surface area contributed by atoms with Gasteiger partial charge in [0.05, 0.1) is 0 Å². The molecule has 0 amide bonds. The predicted octanol–water partition coefficient (Wildman–Crippen LogP) is 1.37. The van der Waals surface area contributed by atoms with Crippen LogP contribution in [-0.2, 0) is 0 Å². The molecular weight excluding hydrogens is 180 g/mol. The van der Waals surface area contributed by atoms with Gasteiger partial charge in [-0.05, 0) is 24.6 Å². The molecule has 0 fully saturated rings. The first kappa shape index (κ1) is 8.94. The molecule has 1 aromatic heterocycles. The number of hydrogen-bond acceptors (Lipinski definition) is 3. The molecule has 13 heavy (non-hydrogen) atoms. The van der Waals surface area contributed by atoms with Gasteiger partial charge in [-0.2, -0.15) is 0 Å². The minimum absolute atomic E-state index is 0.172. The summed E-state index contributed by atoms with van der Waals surface area (Å²) in [5.41, 5.74) is 7.18. The third kappa shape index (κ3) is 1.99. The van der Waals surface area contributed by atoms with Crippen LogP contribution in [0.25, 0.3) is 5.57 Å². The Balaban J connectivity index is 2.25. The highest BCUT2D eigenvalue weighted by Crippen LogP contribution is 2.24. The summed E-state index contributed by atoms with van der Waals surface area (Å²) in [6.07, 6.45) is 2.17. The van der Waals surface area contributed by atoms with E-state index in [0.29, 0.717) is 0 Å². The van der Waals surface area contributed by atoms with Crippen molar-refractivity contribution in [1.82, 2.24) is 5.32 Å². The highest BCUT2D eigenvalue weighted by Gasteiger charge is 2.11. The molecule has 0 saturated carbocycles. The van der Waals surface area contributed by atoms with E-state index in [2.05, 4.69) is 30.4 Å². The standard InChI is InChI=1S/C10H14N2S/c1-7-2-3-10(13-7)8-4-9(11)6-12-5-8/h2-4,9,12H,5-6,11H2,1H3. The zero-order chi connectivity index (χ0) is 9.26. The quantitative estimate of drug-likeness (QED) is 0.708. The maximum atomic E-state index is 5.84. The van der Waals surface area contributed by atoms with E-state index in [9.17, 15) is 0 Å². The van der Waals surface area contributed by atoms with Crippen LogP contribution in [0.2, 0.25) is 0 Å². The minimum Gasteiger partial charge on any atom is -0.323 e. The van der Waals surface area contributed by atoms with Crippen molar-refractivity contribution in [1.29, 1.82) is 0 Å². The summed E-state index contributed by atoms with van der Waals surface area (Å²) < 4.78 is 0. The molecule has 70 valence electrons. The summed E-state index contributed by atoms with van der Waals surface area (Å²) in [4.78, 5) is 2.70. The highest BCUT2D eigenvalue weighted by atomic mass is 32.1. The Morgan fingerprint density at radius 1 is 1.54 bits per heavy atom. The molecule has 1 atom stereocenters. The van der Waals surface area contributed by atoms with E-state index in [1.807, 2.05) is 11.3 Å². The number of nitrogens with one attached hydrogen (secondary N) is 1. The van der Waals surface area contributed by atoms with Crippen molar-refractivity contribution in [2.45, 2.75) is 13.0 Å². The zero-order valence-electron chi connectivity index (χ0n) is 7.71. The van der Waals surface area contributed by atoms with E-state index < -0.39 is 0 Å². The van der Waals surface area contributed by atoms with Crippen LogP contribution in [0.15, 0.2) is 18.2 Å². The molecule has 2 nitrogen and oxygen atoms in total. The van der Waals surface area contributed by atoms with E-state index in [0.717, 1.165) is 13.1 Å². The monoisotopic (exact) mass is 194 g/mol. The van der Waals surface area contributed by atoms with E-state index in [4.69, 9.17) is 5.73 Å². The number of nitrogens with two attached hydrogens (primary N) is 1. The van der Waals surface area contributed by atoms with Gasteiger partial charge in [0.25, 0.3) is 0 Å². The van der Waals surface area contributed by atoms with Crippen LogP contribution in [0.4, 0.5) is 0 Å². The molecule has 1 unspecified atom stereocenters. The Hall–Kier alpha value is -0.640. The smallest absolute Gasteiger partial charge is 0.0357 e. The summed E-state index contributed by atoms with van der Waals surface area (Å²) in [6, 6.07) is 4.50. The second-order valence-corrected chi connectivity index (χ2v) is 4.68. The van der Waals surface area contributed by atoms with Gasteiger partial charge in [-0.15, -0.1) is 11.3 Å². The number of hydrogen-bond donors (Lipinski definition) is 2. The molecule has 0 aromatic carbocycles. The number of rotatable bonds is 1. The summed E-state index contributed by atoms with van der Waals surface area (Å²) in [7, 11) is 0. The van der Waals surface area contributed by atoms with Gasteiger partial charge >= 0.3 is 0 Å². The normalized spacial score (nSPS) is 22.9. The molecule has 2 heterocycles. The number of thiophene rings is 1. The third-order valence-electron chi connectivity index (χ3n) is 2.17. The predicted molar refractivity (Wildman–Crippen MR) is 57.9 cm³/mol. The molecular formula is C10H14N2S. The average Bonchev–Trinajstić information content (AvgIpc) is 2.52. The van der Waals surface area contributed by atoms with Crippen molar-refractivity contribution < 1.29 is 0 Å². The fraction of sp³-hybridized carbons (Fsp3) is 0.400. The van der Waals surface area contributed by atoms with Gasteiger partial charge in [0, 0.05) is 28.9 Å². The van der Waals surface area contributed by atoms with Gasteiger partial charge in [-0.1, -0.05) is 6.08 Å². The van der Waals surface area contributed by atoms with Crippen LogP contribution in [0, 0.1) is 6.92 Å². The molecule has 3 N–H and O–H groups in total. The molecule has 0 saturated heterocycles. The van der Waals surface area contributed by atoms with Crippen LogP contribution in [-0.4, -0.2) is 19.1 Å². The first-order valence-electron chi connectivity index (χ1n) is 4.49. The summed E-state index contributed by atoms with van der Waals surface area (Å²) in [5.74, 6) is 0. The first-order valence-corrected chi connectivity index (χ1v) is 5.31. The lowest BCUT2D eigenvalue weighted by molar-refractivity contribution is 0.663. The largest absolute Gasteiger partial charge is 0.323 e. The van der Waals surface area contributed by atoms with Crippen molar-refractivity contribution >= 4 is 16.9 Å². The summed E-state index contributed by atoms with van der Waals surface area (Å²) >= 11 is 1.83. The second kappa shape index (κ2) is 3.62. The van der Waals surface area contributed by atoms with Gasteiger partial charge in [-0.3, -0.25) is 0 Å². The Bertz CT molecular complexity index is 327. The molecule has 0 spiro atoms. The van der Waals surface area contributed by atoms with E-state index in [1.165, 1.54) is 15.3 Å². The molecule has 1 aliphatic rings. The first-order chi connectivity index (χ1) is 6.25. The maximum absolute atomic E-state index is 5.84. The fourth-order valence-corrected chi connectivity index (χ4v) is 2.42. The van der Waals surface area contributed by atoms with Crippen molar-refractivity contribution in [2.24, 2.45) is 5.73 Å². The molecule has 0 aliphatic carbocycles. The molecule has 2 rings (SSSR count). The van der Waals surface area contributed by atoms with Gasteiger partial charge in [0.15, 0.2) is 0 Å². The Labute approximate surface area is 82.5 Å². The van der Waals surface area contributed by atoms with E-state index in [1.54, 1.807) is 0 Å². The van der Waals surface area contributed by atoms with E-state index in [-0.39, 0.29) is 6.04 Å². The van der Waals surface area contributed by atoms with Crippen molar-refractivity contribution in [2.75, 3.05) is 13.1 Å². The zero-order valence-corrected chi connectivity index (χ0v) is 8.53. The molecule has 1 aromatic rings. The topological polar surface area (TPSA) is 38.0 Å². The maximum Gasteiger partial charge on any atom is 0.0357 e. The van der Waals surface area contributed by atoms with Crippen molar-refractivity contribution in [3.05, 3.63) is 28.0 Å². The molecule has 3 heteroatoms. The minimum atomic E-state index is 0.172. The van der Waals surface area contributed by atoms with Gasteiger partial charge < -0.3 is 11.1 Å². The van der Waals surface area contributed by atoms with Crippen molar-refractivity contribution in [3.8, 4) is 0 Å². The lowest BCUT2D eigenvalue weighted by Gasteiger charge is -2.18. The van der Waals surface area contributed by atoms with Gasteiger partial charge in [0.2, 0.25) is 0 Å². The summed E-state index contributed by atoms with van der Waals surface area (Å²) in [6.45, 7) is 3.98. The van der Waals surface area contributed by atoms with Gasteiger partial charge in [0.1, 0.15) is 0 Å². The van der Waals surface area contributed by atoms with E-state index >= 15 is 0 Å². The highest BCUT2D eigenvalue weighted by molar-refractivity contribution is 7.13. The second-order valence-electron chi connectivity index (χ2n) is 3.40. The molecule has 0 bridgehead atoms. The lowest BCUT2D eigenvalue weighted by atomic mass is 10.1. The average molecular weight is 194 g/mol. The number of aryl methyl sites for hydroxylation is 1. The summed E-state index contributed by atoms with van der Waals surface area (Å²) in [5, 5.41) is 3.31. The lowest BCUT2D eigenvalue weighted by Crippen LogP contribution is -2.37. The van der Waals surface area contributed by atoms with Crippen molar-refractivity contribution in [3.63, 3.8) is 0 Å². The van der Waals surface area contributed by atoms with Crippen LogP contribution >= 0.6 is 11.3 Å². The third-order valence-corrected chi connectivity index (χ3v) is 3.24. The van der Waals surface area contributed by atoms with Crippen LogP contribution in [0.5, 0.6) is 0 Å². The molecule has 1 aliphatic heterocycles. The Morgan fingerprint density at radius 3 is 3.00 bits per heavy atom. The SMILES string of the molecule is Cc1ccc(C2=CC(N)CNC2)s1. The Morgan fingerprint density at radius 2 is 2.38 bits per heavy atom. The van der Waals surface area contributed by atoms with Crippen LogP contribution in [0.3, 0.4) is 0 Å². The fourth-order valence-electron chi connectivity index (χ4n) is 1.53. The van der Waals surface area contributed by atoms with Crippen LogP contribution < -0.4 is 11.1 Å². The molecule has 0 radical (unpaired) electrons. The van der Waals surface area contributed by atoms with Gasteiger partial charge in [-0.25, -0.2) is 0 Å².